The van der Waals surface area contributed by atoms with Crippen LogP contribution in [0.1, 0.15) is 10.4 Å². The zero-order valence-corrected chi connectivity index (χ0v) is 15.6. The summed E-state index contributed by atoms with van der Waals surface area (Å²) in [7, 11) is 0. The molecule has 5 heteroatoms. The summed E-state index contributed by atoms with van der Waals surface area (Å²) in [6.07, 6.45) is 3.13. The molecule has 3 aromatic carbocycles. The molecule has 0 amide bonds. The van der Waals surface area contributed by atoms with Gasteiger partial charge in [0, 0.05) is 17.6 Å². The molecule has 0 aliphatic heterocycles. The molecular weight excluding hydrogens is 362 g/mol. The largest absolute Gasteiger partial charge is 0.421 e. The molecule has 0 aliphatic rings. The van der Waals surface area contributed by atoms with Crippen LogP contribution in [0.2, 0.25) is 0 Å². The topological polar surface area (TPSA) is 91.2 Å². The van der Waals surface area contributed by atoms with Gasteiger partial charge in [-0.15, -0.1) is 0 Å². The molecule has 0 spiro atoms. The SMILES string of the molecule is Nc1ccc(-c2cc(C(=O)Oc3cccnc3)cc(-c3ccc(N)cc3)c2)cc1. The maximum Gasteiger partial charge on any atom is 0.343 e. The number of pyridine rings is 1. The summed E-state index contributed by atoms with van der Waals surface area (Å²) < 4.78 is 5.48. The van der Waals surface area contributed by atoms with Crippen LogP contribution in [0.3, 0.4) is 0 Å². The summed E-state index contributed by atoms with van der Waals surface area (Å²) in [5.41, 5.74) is 17.1. The van der Waals surface area contributed by atoms with Crippen molar-refractivity contribution in [2.45, 2.75) is 0 Å². The Bertz CT molecular complexity index is 1080. The van der Waals surface area contributed by atoms with Crippen molar-refractivity contribution >= 4 is 17.3 Å². The molecule has 1 aromatic heterocycles. The number of hydrogen-bond donors (Lipinski definition) is 2. The number of nitrogens with two attached hydrogens (primary N) is 2. The highest BCUT2D eigenvalue weighted by Crippen LogP contribution is 2.30. The maximum absolute atomic E-state index is 12.8. The standard InChI is InChI=1S/C24H19N3O2/c25-21-7-3-16(4-8-21)18-12-19(17-5-9-22(26)10-6-17)14-20(13-18)24(28)29-23-2-1-11-27-15-23/h1-15H,25-26H2. The van der Waals surface area contributed by atoms with Gasteiger partial charge in [0.15, 0.2) is 0 Å². The van der Waals surface area contributed by atoms with Gasteiger partial charge in [-0.05, 0) is 76.9 Å². The van der Waals surface area contributed by atoms with Crippen molar-refractivity contribution in [3.8, 4) is 28.0 Å². The van der Waals surface area contributed by atoms with Gasteiger partial charge >= 0.3 is 5.97 Å². The van der Waals surface area contributed by atoms with E-state index in [0.717, 1.165) is 22.3 Å². The lowest BCUT2D eigenvalue weighted by atomic mass is 9.96. The molecule has 0 bridgehead atoms. The summed E-state index contributed by atoms with van der Waals surface area (Å²) in [6.45, 7) is 0. The van der Waals surface area contributed by atoms with Gasteiger partial charge < -0.3 is 16.2 Å². The van der Waals surface area contributed by atoms with E-state index in [2.05, 4.69) is 4.98 Å². The maximum atomic E-state index is 12.8. The number of esters is 1. The van der Waals surface area contributed by atoms with E-state index in [9.17, 15) is 4.79 Å². The second-order valence-corrected chi connectivity index (χ2v) is 6.62. The fourth-order valence-corrected chi connectivity index (χ4v) is 3.00. The van der Waals surface area contributed by atoms with Gasteiger partial charge in [0.25, 0.3) is 0 Å². The van der Waals surface area contributed by atoms with E-state index < -0.39 is 5.97 Å². The fraction of sp³-hybridized carbons (Fsp3) is 0. The van der Waals surface area contributed by atoms with Crippen LogP contribution >= 0.6 is 0 Å². The Morgan fingerprint density at radius 2 is 1.28 bits per heavy atom. The zero-order chi connectivity index (χ0) is 20.2. The first kappa shape index (κ1) is 18.3. The molecule has 29 heavy (non-hydrogen) atoms. The number of ether oxygens (including phenoxy) is 1. The van der Waals surface area contributed by atoms with Crippen molar-refractivity contribution in [3.05, 3.63) is 96.8 Å². The lowest BCUT2D eigenvalue weighted by molar-refractivity contribution is 0.0734. The third-order valence-electron chi connectivity index (χ3n) is 4.50. The van der Waals surface area contributed by atoms with Crippen molar-refractivity contribution in [1.82, 2.24) is 4.98 Å². The Hall–Kier alpha value is -4.12. The van der Waals surface area contributed by atoms with E-state index in [1.807, 2.05) is 66.7 Å². The number of rotatable bonds is 4. The smallest absolute Gasteiger partial charge is 0.343 e. The van der Waals surface area contributed by atoms with Gasteiger partial charge in [0.1, 0.15) is 5.75 Å². The predicted molar refractivity (Wildman–Crippen MR) is 115 cm³/mol. The van der Waals surface area contributed by atoms with Gasteiger partial charge in [0.2, 0.25) is 0 Å². The quantitative estimate of drug-likeness (QED) is 0.391. The Balaban J connectivity index is 1.78. The molecule has 0 unspecified atom stereocenters. The minimum atomic E-state index is -0.452. The number of anilines is 2. The van der Waals surface area contributed by atoms with Crippen LogP contribution in [0.15, 0.2) is 91.3 Å². The molecule has 0 atom stereocenters. The summed E-state index contributed by atoms with van der Waals surface area (Å²) >= 11 is 0. The van der Waals surface area contributed by atoms with Crippen molar-refractivity contribution in [2.24, 2.45) is 0 Å². The summed E-state index contributed by atoms with van der Waals surface area (Å²) in [6, 6.07) is 24.1. The molecule has 4 aromatic rings. The number of aromatic nitrogens is 1. The average Bonchev–Trinajstić information content (AvgIpc) is 2.75. The number of nitrogen functional groups attached to an aromatic ring is 2. The molecule has 0 saturated carbocycles. The monoisotopic (exact) mass is 381 g/mol. The van der Waals surface area contributed by atoms with Crippen molar-refractivity contribution in [3.63, 3.8) is 0 Å². The fourth-order valence-electron chi connectivity index (χ4n) is 3.00. The van der Waals surface area contributed by atoms with E-state index in [0.29, 0.717) is 22.7 Å². The van der Waals surface area contributed by atoms with Crippen LogP contribution < -0.4 is 16.2 Å². The van der Waals surface area contributed by atoms with E-state index in [1.54, 1.807) is 18.3 Å². The third kappa shape index (κ3) is 4.25. The molecule has 4 N–H and O–H groups in total. The molecule has 4 rings (SSSR count). The first-order valence-corrected chi connectivity index (χ1v) is 9.07. The van der Waals surface area contributed by atoms with Crippen LogP contribution in [0.4, 0.5) is 11.4 Å². The number of benzene rings is 3. The van der Waals surface area contributed by atoms with Gasteiger partial charge in [-0.25, -0.2) is 4.79 Å². The molecule has 1 heterocycles. The molecule has 5 nitrogen and oxygen atoms in total. The van der Waals surface area contributed by atoms with Crippen LogP contribution in [0.5, 0.6) is 5.75 Å². The van der Waals surface area contributed by atoms with Crippen molar-refractivity contribution < 1.29 is 9.53 Å². The molecular formula is C24H19N3O2. The predicted octanol–water partition coefficient (Wildman–Crippen LogP) is 4.80. The second kappa shape index (κ2) is 7.86. The number of carbonyl (C=O) groups is 1. The molecule has 0 fully saturated rings. The van der Waals surface area contributed by atoms with Crippen LogP contribution in [-0.2, 0) is 0 Å². The highest BCUT2D eigenvalue weighted by atomic mass is 16.5. The van der Waals surface area contributed by atoms with Crippen LogP contribution in [0.25, 0.3) is 22.3 Å². The summed E-state index contributed by atoms with van der Waals surface area (Å²) in [4.78, 5) is 16.8. The summed E-state index contributed by atoms with van der Waals surface area (Å²) in [5, 5.41) is 0. The Morgan fingerprint density at radius 1 is 0.724 bits per heavy atom. The minimum absolute atomic E-state index is 0.393. The van der Waals surface area contributed by atoms with Crippen LogP contribution in [0, 0.1) is 0 Å². The normalized spacial score (nSPS) is 10.5. The highest BCUT2D eigenvalue weighted by molar-refractivity contribution is 5.94. The van der Waals surface area contributed by atoms with Crippen molar-refractivity contribution in [1.29, 1.82) is 0 Å². The Labute approximate surface area is 168 Å². The first-order chi connectivity index (χ1) is 14.1. The average molecular weight is 381 g/mol. The van der Waals surface area contributed by atoms with Gasteiger partial charge in [0.05, 0.1) is 11.8 Å². The Morgan fingerprint density at radius 3 is 1.76 bits per heavy atom. The molecule has 0 saturated heterocycles. The summed E-state index contributed by atoms with van der Waals surface area (Å²) in [5.74, 6) is -0.0589. The zero-order valence-electron chi connectivity index (χ0n) is 15.6. The lowest BCUT2D eigenvalue weighted by Gasteiger charge is -2.11. The number of hydrogen-bond acceptors (Lipinski definition) is 5. The van der Waals surface area contributed by atoms with Gasteiger partial charge in [-0.1, -0.05) is 24.3 Å². The third-order valence-corrected chi connectivity index (χ3v) is 4.50. The number of nitrogens with zero attached hydrogens (tertiary/aromatic N) is 1. The highest BCUT2D eigenvalue weighted by Gasteiger charge is 2.13. The molecule has 142 valence electrons. The first-order valence-electron chi connectivity index (χ1n) is 9.07. The second-order valence-electron chi connectivity index (χ2n) is 6.62. The van der Waals surface area contributed by atoms with E-state index in [4.69, 9.17) is 16.2 Å². The molecule has 0 aliphatic carbocycles. The van der Waals surface area contributed by atoms with Gasteiger partial charge in [-0.3, -0.25) is 4.98 Å². The van der Waals surface area contributed by atoms with Crippen molar-refractivity contribution in [2.75, 3.05) is 11.5 Å². The number of carbonyl (C=O) groups excluding carboxylic acids is 1. The van der Waals surface area contributed by atoms with Gasteiger partial charge in [-0.2, -0.15) is 0 Å². The van der Waals surface area contributed by atoms with Crippen LogP contribution in [-0.4, -0.2) is 11.0 Å². The lowest BCUT2D eigenvalue weighted by Crippen LogP contribution is -2.09. The van der Waals surface area contributed by atoms with E-state index >= 15 is 0 Å². The minimum Gasteiger partial charge on any atom is -0.421 e. The molecule has 0 radical (unpaired) electrons. The van der Waals surface area contributed by atoms with E-state index in [-0.39, 0.29) is 0 Å². The Kier molecular flexibility index (Phi) is 4.95. The van der Waals surface area contributed by atoms with E-state index in [1.165, 1.54) is 6.20 Å².